The molecule has 1 aliphatic rings. The SMILES string of the molecule is Nc1ccc2c(c1)nc1n2CC(N)[C@@H](c2cc(F)c(F)cc2F)C1. The van der Waals surface area contributed by atoms with E-state index in [2.05, 4.69) is 4.98 Å². The van der Waals surface area contributed by atoms with Crippen LogP contribution in [0.25, 0.3) is 11.0 Å². The minimum atomic E-state index is -1.21. The van der Waals surface area contributed by atoms with Crippen LogP contribution >= 0.6 is 0 Å². The van der Waals surface area contributed by atoms with Gasteiger partial charge in [0.1, 0.15) is 11.6 Å². The van der Waals surface area contributed by atoms with Gasteiger partial charge in [-0.25, -0.2) is 18.2 Å². The summed E-state index contributed by atoms with van der Waals surface area (Å²) in [5.74, 6) is -2.81. The van der Waals surface area contributed by atoms with Crippen molar-refractivity contribution < 1.29 is 13.2 Å². The van der Waals surface area contributed by atoms with Crippen LogP contribution < -0.4 is 11.5 Å². The Morgan fingerprint density at radius 2 is 1.79 bits per heavy atom. The van der Waals surface area contributed by atoms with Gasteiger partial charge in [0.15, 0.2) is 11.6 Å². The highest BCUT2D eigenvalue weighted by molar-refractivity contribution is 5.79. The third kappa shape index (κ3) is 2.24. The molecule has 0 fully saturated rings. The molecule has 124 valence electrons. The van der Waals surface area contributed by atoms with Crippen LogP contribution in [-0.2, 0) is 13.0 Å². The number of anilines is 1. The van der Waals surface area contributed by atoms with Gasteiger partial charge in [-0.1, -0.05) is 0 Å². The number of hydrogen-bond donors (Lipinski definition) is 2. The molecule has 0 radical (unpaired) electrons. The second-order valence-electron chi connectivity index (χ2n) is 6.15. The molecule has 4 N–H and O–H groups in total. The molecule has 4 nitrogen and oxygen atoms in total. The molecule has 1 aromatic heterocycles. The minimum absolute atomic E-state index is 0.0826. The second kappa shape index (κ2) is 5.24. The van der Waals surface area contributed by atoms with Crippen molar-refractivity contribution in [3.05, 3.63) is 59.2 Å². The largest absolute Gasteiger partial charge is 0.399 e. The first-order chi connectivity index (χ1) is 11.4. The summed E-state index contributed by atoms with van der Waals surface area (Å²) in [6.45, 7) is 0.416. The molecule has 0 saturated carbocycles. The van der Waals surface area contributed by atoms with Crippen LogP contribution in [0, 0.1) is 17.5 Å². The number of benzene rings is 2. The van der Waals surface area contributed by atoms with Gasteiger partial charge in [-0.3, -0.25) is 0 Å². The van der Waals surface area contributed by atoms with Crippen LogP contribution in [0.2, 0.25) is 0 Å². The van der Waals surface area contributed by atoms with E-state index >= 15 is 0 Å². The molecule has 0 aliphatic carbocycles. The van der Waals surface area contributed by atoms with Crippen molar-refractivity contribution in [1.29, 1.82) is 0 Å². The summed E-state index contributed by atoms with van der Waals surface area (Å²) in [5.41, 5.74) is 14.3. The topological polar surface area (TPSA) is 69.9 Å². The molecule has 24 heavy (non-hydrogen) atoms. The molecule has 7 heteroatoms. The van der Waals surface area contributed by atoms with E-state index in [0.717, 1.165) is 22.9 Å². The van der Waals surface area contributed by atoms with Crippen molar-refractivity contribution in [2.75, 3.05) is 5.73 Å². The van der Waals surface area contributed by atoms with Gasteiger partial charge in [-0.05, 0) is 29.8 Å². The maximum atomic E-state index is 14.1. The van der Waals surface area contributed by atoms with Crippen LogP contribution in [-0.4, -0.2) is 15.6 Å². The lowest BCUT2D eigenvalue weighted by Gasteiger charge is -2.30. The molecule has 0 amide bonds. The Hall–Kier alpha value is -2.54. The van der Waals surface area contributed by atoms with Crippen LogP contribution in [0.3, 0.4) is 0 Å². The van der Waals surface area contributed by atoms with E-state index in [9.17, 15) is 13.2 Å². The number of nitrogen functional groups attached to an aromatic ring is 1. The number of fused-ring (bicyclic) bond motifs is 3. The maximum absolute atomic E-state index is 14.1. The lowest BCUT2D eigenvalue weighted by atomic mass is 9.86. The first kappa shape index (κ1) is 15.0. The van der Waals surface area contributed by atoms with E-state index < -0.39 is 29.4 Å². The first-order valence-electron chi connectivity index (χ1n) is 7.58. The van der Waals surface area contributed by atoms with Crippen LogP contribution in [0.5, 0.6) is 0 Å². The molecule has 0 bridgehead atoms. The molecule has 0 spiro atoms. The number of aromatic nitrogens is 2. The highest BCUT2D eigenvalue weighted by atomic mass is 19.2. The number of imidazole rings is 1. The van der Waals surface area contributed by atoms with Crippen LogP contribution in [0.1, 0.15) is 17.3 Å². The zero-order chi connectivity index (χ0) is 17.0. The smallest absolute Gasteiger partial charge is 0.161 e. The average molecular weight is 332 g/mol. The van der Waals surface area contributed by atoms with Crippen molar-refractivity contribution >= 4 is 16.7 Å². The second-order valence-corrected chi connectivity index (χ2v) is 6.15. The molecular weight excluding hydrogens is 317 g/mol. The number of rotatable bonds is 1. The number of nitrogens with two attached hydrogens (primary N) is 2. The monoisotopic (exact) mass is 332 g/mol. The van der Waals surface area contributed by atoms with E-state index in [1.165, 1.54) is 0 Å². The van der Waals surface area contributed by atoms with Gasteiger partial charge in [-0.2, -0.15) is 0 Å². The molecule has 2 aromatic carbocycles. The zero-order valence-corrected chi connectivity index (χ0v) is 12.6. The number of nitrogens with zero attached hydrogens (tertiary/aromatic N) is 2. The number of halogens is 3. The fourth-order valence-corrected chi connectivity index (χ4v) is 3.41. The molecule has 1 unspecified atom stereocenters. The van der Waals surface area contributed by atoms with Crippen molar-refractivity contribution in [3.63, 3.8) is 0 Å². The molecular formula is C17H15F3N4. The number of hydrogen-bond acceptors (Lipinski definition) is 3. The van der Waals surface area contributed by atoms with Gasteiger partial charge in [0.2, 0.25) is 0 Å². The first-order valence-corrected chi connectivity index (χ1v) is 7.58. The van der Waals surface area contributed by atoms with Gasteiger partial charge in [0.05, 0.1) is 11.0 Å². The summed E-state index contributed by atoms with van der Waals surface area (Å²) in [6.07, 6.45) is 0.345. The van der Waals surface area contributed by atoms with Crippen molar-refractivity contribution in [3.8, 4) is 0 Å². The molecule has 0 saturated heterocycles. The van der Waals surface area contributed by atoms with Gasteiger partial charge in [0.25, 0.3) is 0 Å². The van der Waals surface area contributed by atoms with Gasteiger partial charge < -0.3 is 16.0 Å². The fourth-order valence-electron chi connectivity index (χ4n) is 3.41. The zero-order valence-electron chi connectivity index (χ0n) is 12.6. The molecule has 2 atom stereocenters. The predicted molar refractivity (Wildman–Crippen MR) is 84.9 cm³/mol. The highest BCUT2D eigenvalue weighted by Crippen LogP contribution is 2.33. The molecule has 2 heterocycles. The van der Waals surface area contributed by atoms with Crippen LogP contribution in [0.4, 0.5) is 18.9 Å². The molecule has 4 rings (SSSR count). The Morgan fingerprint density at radius 1 is 1.04 bits per heavy atom. The summed E-state index contributed by atoms with van der Waals surface area (Å²) < 4.78 is 42.8. The van der Waals surface area contributed by atoms with Crippen molar-refractivity contribution in [1.82, 2.24) is 9.55 Å². The van der Waals surface area contributed by atoms with E-state index in [-0.39, 0.29) is 5.56 Å². The third-order valence-electron chi connectivity index (χ3n) is 4.60. The Balaban J connectivity index is 1.79. The Morgan fingerprint density at radius 3 is 2.58 bits per heavy atom. The van der Waals surface area contributed by atoms with E-state index in [1.54, 1.807) is 12.1 Å². The van der Waals surface area contributed by atoms with Gasteiger partial charge >= 0.3 is 0 Å². The Kier molecular flexibility index (Phi) is 3.28. The van der Waals surface area contributed by atoms with E-state index in [0.29, 0.717) is 24.7 Å². The van der Waals surface area contributed by atoms with Crippen LogP contribution in [0.15, 0.2) is 30.3 Å². The molecule has 1 aliphatic heterocycles. The fraction of sp³-hybridized carbons (Fsp3) is 0.235. The van der Waals surface area contributed by atoms with E-state index in [1.807, 2.05) is 10.6 Å². The minimum Gasteiger partial charge on any atom is -0.399 e. The summed E-state index contributed by atoms with van der Waals surface area (Å²) in [5, 5.41) is 0. The normalized spacial score (nSPS) is 20.3. The van der Waals surface area contributed by atoms with Gasteiger partial charge in [-0.15, -0.1) is 0 Å². The van der Waals surface area contributed by atoms with Gasteiger partial charge in [0, 0.05) is 36.7 Å². The molecule has 3 aromatic rings. The standard InChI is InChI=1S/C17H15F3N4/c18-11-6-13(20)12(19)4-9(11)10-5-17-23-15-3-8(21)1-2-16(15)24(17)7-14(10)22/h1-4,6,10,14H,5,7,21-22H2/t10-,14?/m1/s1. The highest BCUT2D eigenvalue weighted by Gasteiger charge is 2.32. The van der Waals surface area contributed by atoms with Crippen molar-refractivity contribution in [2.24, 2.45) is 5.73 Å². The predicted octanol–water partition coefficient (Wildman–Crippen LogP) is 2.70. The maximum Gasteiger partial charge on any atom is 0.161 e. The quantitative estimate of drug-likeness (QED) is 0.532. The summed E-state index contributed by atoms with van der Waals surface area (Å²) in [6, 6.07) is 6.43. The lowest BCUT2D eigenvalue weighted by molar-refractivity contribution is 0.392. The summed E-state index contributed by atoms with van der Waals surface area (Å²) in [7, 11) is 0. The van der Waals surface area contributed by atoms with Crippen molar-refractivity contribution in [2.45, 2.75) is 24.9 Å². The average Bonchev–Trinajstić information content (AvgIpc) is 2.86. The third-order valence-corrected chi connectivity index (χ3v) is 4.60. The lowest BCUT2D eigenvalue weighted by Crippen LogP contribution is -2.39. The summed E-state index contributed by atoms with van der Waals surface area (Å²) >= 11 is 0. The Labute approximate surface area is 135 Å². The summed E-state index contributed by atoms with van der Waals surface area (Å²) in [4.78, 5) is 4.53. The van der Waals surface area contributed by atoms with E-state index in [4.69, 9.17) is 11.5 Å². The Bertz CT molecular complexity index is 951.